The van der Waals surface area contributed by atoms with Gasteiger partial charge in [0.25, 0.3) is 0 Å². The number of rotatable bonds is 5. The van der Waals surface area contributed by atoms with Crippen LogP contribution in [0.2, 0.25) is 0 Å². The molecular weight excluding hydrogens is 248 g/mol. The van der Waals surface area contributed by atoms with E-state index < -0.39 is 11.7 Å². The van der Waals surface area contributed by atoms with E-state index in [1.165, 1.54) is 6.20 Å². The number of hydrogen-bond donors (Lipinski definition) is 1. The summed E-state index contributed by atoms with van der Waals surface area (Å²) in [7, 11) is 0. The zero-order valence-electron chi connectivity index (χ0n) is 11.3. The highest BCUT2D eigenvalue weighted by Gasteiger charge is 2.15. The molecule has 104 valence electrons. The Morgan fingerprint density at radius 2 is 2.16 bits per heavy atom. The first-order valence-electron chi connectivity index (χ1n) is 5.91. The lowest BCUT2D eigenvalue weighted by atomic mass is 10.2. The predicted molar refractivity (Wildman–Crippen MR) is 69.4 cm³/mol. The largest absolute Gasteiger partial charge is 0.476 e. The van der Waals surface area contributed by atoms with Crippen LogP contribution in [0.1, 0.15) is 31.1 Å². The van der Waals surface area contributed by atoms with Gasteiger partial charge in [-0.1, -0.05) is 0 Å². The van der Waals surface area contributed by atoms with Gasteiger partial charge >= 0.3 is 6.09 Å². The van der Waals surface area contributed by atoms with Crippen molar-refractivity contribution >= 4 is 12.4 Å². The van der Waals surface area contributed by atoms with Crippen LogP contribution in [0.15, 0.2) is 18.3 Å². The summed E-state index contributed by atoms with van der Waals surface area (Å²) in [6.07, 6.45) is 1.64. The van der Waals surface area contributed by atoms with Crippen molar-refractivity contribution in [1.29, 1.82) is 0 Å². The number of pyridine rings is 1. The molecule has 1 aromatic heterocycles. The lowest BCUT2D eigenvalue weighted by molar-refractivity contribution is 0.0519. The second kappa shape index (κ2) is 6.72. The van der Waals surface area contributed by atoms with E-state index >= 15 is 0 Å². The first-order valence-corrected chi connectivity index (χ1v) is 5.91. The van der Waals surface area contributed by atoms with Gasteiger partial charge in [0, 0.05) is 17.8 Å². The van der Waals surface area contributed by atoms with Crippen LogP contribution >= 0.6 is 0 Å². The number of nitrogens with one attached hydrogen (secondary N) is 1. The van der Waals surface area contributed by atoms with Gasteiger partial charge in [-0.3, -0.25) is 4.79 Å². The monoisotopic (exact) mass is 266 g/mol. The highest BCUT2D eigenvalue weighted by atomic mass is 16.6. The summed E-state index contributed by atoms with van der Waals surface area (Å²) < 4.78 is 10.3. The molecule has 6 nitrogen and oxygen atoms in total. The SMILES string of the molecule is CC(C)(C)OC(=O)NCCOc1ccc(C=O)cn1. The van der Waals surface area contributed by atoms with E-state index in [4.69, 9.17) is 9.47 Å². The van der Waals surface area contributed by atoms with E-state index in [2.05, 4.69) is 10.3 Å². The summed E-state index contributed by atoms with van der Waals surface area (Å²) >= 11 is 0. The van der Waals surface area contributed by atoms with Gasteiger partial charge in [-0.25, -0.2) is 9.78 Å². The fourth-order valence-electron chi connectivity index (χ4n) is 1.17. The van der Waals surface area contributed by atoms with Crippen LogP contribution in [0.3, 0.4) is 0 Å². The molecule has 0 aliphatic rings. The molecule has 0 unspecified atom stereocenters. The summed E-state index contributed by atoms with van der Waals surface area (Å²) in [5, 5.41) is 2.56. The number of hydrogen-bond acceptors (Lipinski definition) is 5. The molecule has 0 fully saturated rings. The molecule has 0 atom stereocenters. The lowest BCUT2D eigenvalue weighted by Crippen LogP contribution is -2.34. The molecule has 6 heteroatoms. The van der Waals surface area contributed by atoms with Crippen molar-refractivity contribution in [2.24, 2.45) is 0 Å². The fraction of sp³-hybridized carbons (Fsp3) is 0.462. The number of ether oxygens (including phenoxy) is 2. The zero-order chi connectivity index (χ0) is 14.3. The first-order chi connectivity index (χ1) is 8.90. The van der Waals surface area contributed by atoms with E-state index in [1.807, 2.05) is 0 Å². The van der Waals surface area contributed by atoms with E-state index in [0.29, 0.717) is 24.3 Å². The Hall–Kier alpha value is -2.11. The van der Waals surface area contributed by atoms with Crippen LogP contribution < -0.4 is 10.1 Å². The van der Waals surface area contributed by atoms with Gasteiger partial charge in [0.2, 0.25) is 5.88 Å². The zero-order valence-corrected chi connectivity index (χ0v) is 11.3. The molecule has 0 aliphatic heterocycles. The quantitative estimate of drug-likeness (QED) is 0.649. The third-order valence-electron chi connectivity index (χ3n) is 1.92. The van der Waals surface area contributed by atoms with E-state index in [-0.39, 0.29) is 6.61 Å². The van der Waals surface area contributed by atoms with Crippen molar-refractivity contribution in [3.63, 3.8) is 0 Å². The molecule has 0 radical (unpaired) electrons. The van der Waals surface area contributed by atoms with E-state index in [1.54, 1.807) is 32.9 Å². The second-order valence-electron chi connectivity index (χ2n) is 4.82. The Kier molecular flexibility index (Phi) is 5.29. The van der Waals surface area contributed by atoms with Gasteiger partial charge in [0.05, 0.1) is 6.54 Å². The van der Waals surface area contributed by atoms with Gasteiger partial charge in [0.1, 0.15) is 12.2 Å². The molecule has 0 spiro atoms. The van der Waals surface area contributed by atoms with Gasteiger partial charge in [-0.2, -0.15) is 0 Å². The van der Waals surface area contributed by atoms with Crippen LogP contribution in [0, 0.1) is 0 Å². The average molecular weight is 266 g/mol. The normalized spacial score (nSPS) is 10.7. The van der Waals surface area contributed by atoms with Gasteiger partial charge < -0.3 is 14.8 Å². The van der Waals surface area contributed by atoms with E-state index in [9.17, 15) is 9.59 Å². The molecule has 1 heterocycles. The number of alkyl carbamates (subject to hydrolysis) is 1. The second-order valence-corrected chi connectivity index (χ2v) is 4.82. The standard InChI is InChI=1S/C13H18N2O4/c1-13(2,3)19-12(17)14-6-7-18-11-5-4-10(9-16)8-15-11/h4-5,8-9H,6-7H2,1-3H3,(H,14,17). The number of aromatic nitrogens is 1. The van der Waals surface area contributed by atoms with Crippen LogP contribution in [0.25, 0.3) is 0 Å². The van der Waals surface area contributed by atoms with Crippen molar-refractivity contribution in [2.75, 3.05) is 13.2 Å². The first kappa shape index (κ1) is 14.9. The third-order valence-corrected chi connectivity index (χ3v) is 1.92. The van der Waals surface area contributed by atoms with Crippen molar-refractivity contribution in [3.05, 3.63) is 23.9 Å². The van der Waals surface area contributed by atoms with Gasteiger partial charge in [-0.05, 0) is 26.8 Å². The predicted octanol–water partition coefficient (Wildman–Crippen LogP) is 1.80. The minimum absolute atomic E-state index is 0.271. The van der Waals surface area contributed by atoms with Crippen LogP contribution in [-0.2, 0) is 4.74 Å². The molecular formula is C13H18N2O4. The number of amides is 1. The maximum absolute atomic E-state index is 11.3. The summed E-state index contributed by atoms with van der Waals surface area (Å²) in [5.74, 6) is 0.400. The molecule has 1 N–H and O–H groups in total. The number of carbonyl (C=O) groups is 2. The Labute approximate surface area is 112 Å². The maximum Gasteiger partial charge on any atom is 0.407 e. The molecule has 0 bridgehead atoms. The molecule has 1 rings (SSSR count). The van der Waals surface area contributed by atoms with Crippen LogP contribution in [-0.4, -0.2) is 36.1 Å². The third kappa shape index (κ3) is 6.40. The molecule has 0 saturated carbocycles. The molecule has 1 amide bonds. The Morgan fingerprint density at radius 3 is 2.68 bits per heavy atom. The van der Waals surface area contributed by atoms with Crippen LogP contribution in [0.5, 0.6) is 5.88 Å². The molecule has 0 aromatic carbocycles. The smallest absolute Gasteiger partial charge is 0.407 e. The van der Waals surface area contributed by atoms with Crippen LogP contribution in [0.4, 0.5) is 4.79 Å². The minimum atomic E-state index is -0.517. The number of nitrogens with zero attached hydrogens (tertiary/aromatic N) is 1. The van der Waals surface area contributed by atoms with Gasteiger partial charge in [-0.15, -0.1) is 0 Å². The maximum atomic E-state index is 11.3. The highest BCUT2D eigenvalue weighted by molar-refractivity contribution is 5.74. The number of carbonyl (C=O) groups excluding carboxylic acids is 2. The van der Waals surface area contributed by atoms with E-state index in [0.717, 1.165) is 0 Å². The summed E-state index contributed by atoms with van der Waals surface area (Å²) in [6.45, 7) is 5.96. The topological polar surface area (TPSA) is 77.5 Å². The Morgan fingerprint density at radius 1 is 1.42 bits per heavy atom. The van der Waals surface area contributed by atoms with Crippen molar-refractivity contribution in [3.8, 4) is 5.88 Å². The Balaban J connectivity index is 2.23. The lowest BCUT2D eigenvalue weighted by Gasteiger charge is -2.19. The summed E-state index contributed by atoms with van der Waals surface area (Å²) in [5.41, 5.74) is -0.0313. The molecule has 19 heavy (non-hydrogen) atoms. The molecule has 0 aliphatic carbocycles. The average Bonchev–Trinajstić information content (AvgIpc) is 2.33. The van der Waals surface area contributed by atoms with Crippen molar-refractivity contribution < 1.29 is 19.1 Å². The molecule has 0 saturated heterocycles. The summed E-state index contributed by atoms with van der Waals surface area (Å²) in [6, 6.07) is 3.20. The fourth-order valence-corrected chi connectivity index (χ4v) is 1.17. The minimum Gasteiger partial charge on any atom is -0.476 e. The molecule has 1 aromatic rings. The van der Waals surface area contributed by atoms with Crippen molar-refractivity contribution in [1.82, 2.24) is 10.3 Å². The van der Waals surface area contributed by atoms with Crippen molar-refractivity contribution in [2.45, 2.75) is 26.4 Å². The van der Waals surface area contributed by atoms with Gasteiger partial charge in [0.15, 0.2) is 6.29 Å². The number of aldehydes is 1. The highest BCUT2D eigenvalue weighted by Crippen LogP contribution is 2.07. The Bertz CT molecular complexity index is 423. The summed E-state index contributed by atoms with van der Waals surface area (Å²) in [4.78, 5) is 25.7.